The summed E-state index contributed by atoms with van der Waals surface area (Å²) in [6, 6.07) is -0.740. The van der Waals surface area contributed by atoms with Gasteiger partial charge in [-0.25, -0.2) is 0 Å². The lowest BCUT2D eigenvalue weighted by Gasteiger charge is -2.24. The zero-order chi connectivity index (χ0) is 15.0. The minimum absolute atomic E-state index is 0.0655. The second-order valence-electron chi connectivity index (χ2n) is 5.33. The summed E-state index contributed by atoms with van der Waals surface area (Å²) in [5.74, 6) is -0.359. The van der Waals surface area contributed by atoms with Gasteiger partial charge in [0.25, 0.3) is 0 Å². The van der Waals surface area contributed by atoms with E-state index in [4.69, 9.17) is 4.74 Å². The summed E-state index contributed by atoms with van der Waals surface area (Å²) < 4.78 is 4.74. The second-order valence-corrected chi connectivity index (χ2v) is 5.33. The molecule has 0 spiro atoms. The minimum Gasteiger partial charge on any atom is -0.468 e. The van der Waals surface area contributed by atoms with E-state index in [1.165, 1.54) is 7.11 Å². The smallest absolute Gasteiger partial charge is 0.323 e. The molecule has 0 saturated heterocycles. The molecule has 0 aliphatic carbocycles. The molecule has 0 saturated carbocycles. The number of carbonyl (C=O) groups is 2. The largest absolute Gasteiger partial charge is 0.468 e. The first kappa shape index (κ1) is 17.9. The summed E-state index contributed by atoms with van der Waals surface area (Å²) in [5.41, 5.74) is 0. The van der Waals surface area contributed by atoms with Crippen molar-refractivity contribution in [2.75, 3.05) is 7.11 Å². The van der Waals surface area contributed by atoms with Crippen LogP contribution in [0.3, 0.4) is 0 Å². The number of amides is 1. The molecule has 112 valence electrons. The molecular weight excluding hydrogens is 244 g/mol. The van der Waals surface area contributed by atoms with Crippen molar-refractivity contribution in [1.29, 1.82) is 0 Å². The van der Waals surface area contributed by atoms with Crippen molar-refractivity contribution in [1.82, 2.24) is 10.6 Å². The van der Waals surface area contributed by atoms with Crippen LogP contribution in [0.25, 0.3) is 0 Å². The van der Waals surface area contributed by atoms with Crippen LogP contribution in [-0.4, -0.2) is 37.1 Å². The standard InChI is InChI=1S/C14H28N2O3/c1-7-8-10(4)15-13(17)11(5)16-12(9(2)3)14(18)19-6/h9-12,16H,7-8H2,1-6H3,(H,15,17). The van der Waals surface area contributed by atoms with Gasteiger partial charge in [0.2, 0.25) is 5.91 Å². The second kappa shape index (κ2) is 8.91. The van der Waals surface area contributed by atoms with Gasteiger partial charge in [-0.1, -0.05) is 27.2 Å². The van der Waals surface area contributed by atoms with Crippen LogP contribution >= 0.6 is 0 Å². The van der Waals surface area contributed by atoms with Crippen LogP contribution in [0.5, 0.6) is 0 Å². The Morgan fingerprint density at radius 2 is 1.74 bits per heavy atom. The van der Waals surface area contributed by atoms with Gasteiger partial charge in [-0.15, -0.1) is 0 Å². The van der Waals surface area contributed by atoms with E-state index < -0.39 is 12.1 Å². The maximum absolute atomic E-state index is 12.0. The molecule has 0 fully saturated rings. The number of hydrogen-bond donors (Lipinski definition) is 2. The summed E-state index contributed by atoms with van der Waals surface area (Å²) in [4.78, 5) is 23.6. The molecule has 2 N–H and O–H groups in total. The number of carbonyl (C=O) groups excluding carboxylic acids is 2. The van der Waals surface area contributed by atoms with E-state index in [2.05, 4.69) is 17.6 Å². The Bertz CT molecular complexity index is 292. The SMILES string of the molecule is CCCC(C)NC(=O)C(C)NC(C(=O)OC)C(C)C. The van der Waals surface area contributed by atoms with Crippen LogP contribution in [-0.2, 0) is 14.3 Å². The van der Waals surface area contributed by atoms with Gasteiger partial charge in [0.15, 0.2) is 0 Å². The summed E-state index contributed by atoms with van der Waals surface area (Å²) in [6.45, 7) is 9.65. The van der Waals surface area contributed by atoms with Gasteiger partial charge in [-0.3, -0.25) is 14.9 Å². The maximum Gasteiger partial charge on any atom is 0.323 e. The fraction of sp³-hybridized carbons (Fsp3) is 0.857. The average molecular weight is 272 g/mol. The van der Waals surface area contributed by atoms with Gasteiger partial charge in [0.1, 0.15) is 6.04 Å². The highest BCUT2D eigenvalue weighted by molar-refractivity contribution is 5.83. The maximum atomic E-state index is 12.0. The lowest BCUT2D eigenvalue weighted by atomic mass is 10.0. The number of hydrogen-bond acceptors (Lipinski definition) is 4. The molecule has 5 heteroatoms. The average Bonchev–Trinajstić information content (AvgIpc) is 2.34. The molecule has 0 aromatic carbocycles. The van der Waals surface area contributed by atoms with Crippen molar-refractivity contribution in [2.45, 2.75) is 65.6 Å². The molecule has 0 bridgehead atoms. The normalized spacial score (nSPS) is 15.7. The minimum atomic E-state index is -0.466. The lowest BCUT2D eigenvalue weighted by Crippen LogP contribution is -2.53. The van der Waals surface area contributed by atoms with Gasteiger partial charge in [0, 0.05) is 6.04 Å². The first-order valence-electron chi connectivity index (χ1n) is 6.97. The van der Waals surface area contributed by atoms with Gasteiger partial charge < -0.3 is 10.1 Å². The predicted octanol–water partition coefficient (Wildman–Crippen LogP) is 1.47. The topological polar surface area (TPSA) is 67.4 Å². The molecule has 0 aliphatic heterocycles. The van der Waals surface area contributed by atoms with Crippen LogP contribution in [0.15, 0.2) is 0 Å². The third-order valence-corrected chi connectivity index (χ3v) is 3.05. The first-order valence-corrected chi connectivity index (χ1v) is 6.97. The molecule has 0 aliphatic rings. The predicted molar refractivity (Wildman–Crippen MR) is 75.8 cm³/mol. The fourth-order valence-corrected chi connectivity index (χ4v) is 1.88. The number of ether oxygens (including phenoxy) is 1. The Hall–Kier alpha value is -1.10. The Balaban J connectivity index is 4.43. The summed E-state index contributed by atoms with van der Waals surface area (Å²) in [6.07, 6.45) is 1.98. The molecule has 1 amide bonds. The zero-order valence-electron chi connectivity index (χ0n) is 12.9. The summed E-state index contributed by atoms with van der Waals surface area (Å²) in [7, 11) is 1.35. The van der Waals surface area contributed by atoms with Crippen molar-refractivity contribution in [2.24, 2.45) is 5.92 Å². The molecule has 19 heavy (non-hydrogen) atoms. The monoisotopic (exact) mass is 272 g/mol. The van der Waals surface area contributed by atoms with Crippen molar-refractivity contribution in [3.05, 3.63) is 0 Å². The lowest BCUT2D eigenvalue weighted by molar-refractivity contribution is -0.144. The molecule has 0 radical (unpaired) electrons. The third kappa shape index (κ3) is 6.57. The highest BCUT2D eigenvalue weighted by Crippen LogP contribution is 2.05. The van der Waals surface area contributed by atoms with Gasteiger partial charge in [-0.2, -0.15) is 0 Å². The van der Waals surface area contributed by atoms with Crippen molar-refractivity contribution >= 4 is 11.9 Å². The van der Waals surface area contributed by atoms with Crippen LogP contribution in [0.4, 0.5) is 0 Å². The van der Waals surface area contributed by atoms with Crippen molar-refractivity contribution in [3.63, 3.8) is 0 Å². The van der Waals surface area contributed by atoms with E-state index in [1.807, 2.05) is 20.8 Å². The number of methoxy groups -OCH3 is 1. The highest BCUT2D eigenvalue weighted by atomic mass is 16.5. The van der Waals surface area contributed by atoms with Crippen molar-refractivity contribution < 1.29 is 14.3 Å². The van der Waals surface area contributed by atoms with E-state index in [-0.39, 0.29) is 23.8 Å². The first-order chi connectivity index (χ1) is 8.83. The van der Waals surface area contributed by atoms with E-state index >= 15 is 0 Å². The van der Waals surface area contributed by atoms with Gasteiger partial charge in [-0.05, 0) is 26.2 Å². The van der Waals surface area contributed by atoms with E-state index in [0.29, 0.717) is 0 Å². The zero-order valence-corrected chi connectivity index (χ0v) is 12.9. The van der Waals surface area contributed by atoms with E-state index in [0.717, 1.165) is 12.8 Å². The molecule has 5 nitrogen and oxygen atoms in total. The summed E-state index contributed by atoms with van der Waals surface area (Å²) in [5, 5.41) is 5.96. The fourth-order valence-electron chi connectivity index (χ4n) is 1.88. The molecule has 3 unspecified atom stereocenters. The quantitative estimate of drug-likeness (QED) is 0.657. The molecular formula is C14H28N2O3. The number of nitrogens with one attached hydrogen (secondary N) is 2. The Labute approximate surface area is 116 Å². The Morgan fingerprint density at radius 3 is 2.16 bits per heavy atom. The Kier molecular flexibility index (Phi) is 8.39. The summed E-state index contributed by atoms with van der Waals surface area (Å²) >= 11 is 0. The van der Waals surface area contributed by atoms with Crippen LogP contribution in [0.2, 0.25) is 0 Å². The van der Waals surface area contributed by atoms with Gasteiger partial charge in [0.05, 0.1) is 13.2 Å². The van der Waals surface area contributed by atoms with Crippen LogP contribution in [0.1, 0.15) is 47.5 Å². The molecule has 3 atom stereocenters. The third-order valence-electron chi connectivity index (χ3n) is 3.05. The van der Waals surface area contributed by atoms with Crippen molar-refractivity contribution in [3.8, 4) is 0 Å². The van der Waals surface area contributed by atoms with Gasteiger partial charge >= 0.3 is 5.97 Å². The molecule has 0 aromatic heterocycles. The van der Waals surface area contributed by atoms with Crippen LogP contribution < -0.4 is 10.6 Å². The van der Waals surface area contributed by atoms with E-state index in [9.17, 15) is 9.59 Å². The van der Waals surface area contributed by atoms with E-state index in [1.54, 1.807) is 6.92 Å². The van der Waals surface area contributed by atoms with Crippen LogP contribution in [0, 0.1) is 5.92 Å². The number of esters is 1. The number of rotatable bonds is 8. The highest BCUT2D eigenvalue weighted by Gasteiger charge is 2.27. The molecule has 0 aromatic rings. The molecule has 0 heterocycles. The molecule has 0 rings (SSSR count). The Morgan fingerprint density at radius 1 is 1.16 bits per heavy atom.